The average molecular weight is 262 g/mol. The third-order valence-electron chi connectivity index (χ3n) is 2.28. The highest BCUT2D eigenvalue weighted by atomic mass is 19.4. The topological polar surface area (TPSA) is 66.9 Å². The summed E-state index contributed by atoms with van der Waals surface area (Å²) in [4.78, 5) is 9.14. The van der Waals surface area contributed by atoms with Crippen LogP contribution in [0.5, 0.6) is 0 Å². The third kappa shape index (κ3) is 2.56. The van der Waals surface area contributed by atoms with E-state index < -0.39 is 39.6 Å². The highest BCUT2D eigenvalue weighted by Crippen LogP contribution is 2.38. The molecule has 0 aliphatic heterocycles. The molecule has 0 aromatic heterocycles. The second-order valence-corrected chi connectivity index (χ2v) is 3.50. The molecule has 0 aliphatic carbocycles. The Labute approximate surface area is 98.6 Å². The van der Waals surface area contributed by atoms with Gasteiger partial charge in [0.2, 0.25) is 5.82 Å². The summed E-state index contributed by atoms with van der Waals surface area (Å²) in [5.41, 5.74) is -3.26. The smallest absolute Gasteiger partial charge is 0.258 e. The van der Waals surface area contributed by atoms with Gasteiger partial charge in [0.25, 0.3) is 0 Å². The van der Waals surface area contributed by atoms with Crippen LogP contribution in [0.4, 0.5) is 23.2 Å². The molecule has 0 radical (unpaired) electrons. The van der Waals surface area contributed by atoms with Crippen molar-refractivity contribution >= 4 is 5.69 Å². The van der Waals surface area contributed by atoms with Gasteiger partial charge in [0, 0.05) is 6.07 Å². The van der Waals surface area contributed by atoms with E-state index in [-0.39, 0.29) is 6.07 Å². The second-order valence-electron chi connectivity index (χ2n) is 3.50. The fraction of sp³-hybridized carbons (Fsp3) is 0.300. The molecule has 4 nitrogen and oxygen atoms in total. The van der Waals surface area contributed by atoms with Gasteiger partial charge in [0.05, 0.1) is 22.5 Å². The van der Waals surface area contributed by atoms with Crippen LogP contribution in [0.25, 0.3) is 0 Å². The van der Waals surface area contributed by atoms with E-state index in [0.29, 0.717) is 6.07 Å². The lowest BCUT2D eigenvalue weighted by Gasteiger charge is -2.14. The molecule has 96 valence electrons. The third-order valence-corrected chi connectivity index (χ3v) is 2.28. The summed E-state index contributed by atoms with van der Waals surface area (Å²) < 4.78 is 51.2. The minimum atomic E-state index is -4.89. The van der Waals surface area contributed by atoms with Crippen molar-refractivity contribution in [3.05, 3.63) is 39.2 Å². The molecule has 0 heterocycles. The molecule has 0 spiro atoms. The molecule has 18 heavy (non-hydrogen) atoms. The lowest BCUT2D eigenvalue weighted by molar-refractivity contribution is -0.387. The van der Waals surface area contributed by atoms with Gasteiger partial charge in [-0.15, -0.1) is 0 Å². The quantitative estimate of drug-likeness (QED) is 0.466. The van der Waals surface area contributed by atoms with Crippen molar-refractivity contribution in [1.29, 1.82) is 5.26 Å². The molecular weight excluding hydrogens is 256 g/mol. The normalized spacial score (nSPS) is 12.9. The van der Waals surface area contributed by atoms with Gasteiger partial charge in [-0.2, -0.15) is 22.8 Å². The molecule has 1 rings (SSSR count). The van der Waals surface area contributed by atoms with E-state index in [1.54, 1.807) is 0 Å². The van der Waals surface area contributed by atoms with Crippen molar-refractivity contribution < 1.29 is 22.5 Å². The Balaban J connectivity index is 3.59. The molecule has 0 aliphatic rings. The summed E-state index contributed by atoms with van der Waals surface area (Å²) in [7, 11) is 0. The fourth-order valence-corrected chi connectivity index (χ4v) is 1.39. The first-order valence-electron chi connectivity index (χ1n) is 4.63. The fourth-order valence-electron chi connectivity index (χ4n) is 1.39. The number of nitro benzene ring substituents is 1. The Hall–Kier alpha value is -2.17. The minimum absolute atomic E-state index is 0.110. The lowest BCUT2D eigenvalue weighted by Crippen LogP contribution is -2.12. The molecule has 8 heteroatoms. The number of nitriles is 1. The number of hydrogen-bond donors (Lipinski definition) is 0. The van der Waals surface area contributed by atoms with Crippen LogP contribution in [0, 0.1) is 27.3 Å². The van der Waals surface area contributed by atoms with Crippen molar-refractivity contribution in [3.63, 3.8) is 0 Å². The number of hydrogen-bond acceptors (Lipinski definition) is 3. The zero-order valence-corrected chi connectivity index (χ0v) is 8.95. The van der Waals surface area contributed by atoms with E-state index in [2.05, 4.69) is 0 Å². The van der Waals surface area contributed by atoms with Gasteiger partial charge in [-0.1, -0.05) is 0 Å². The molecule has 0 fully saturated rings. The number of nitrogens with zero attached hydrogens (tertiary/aromatic N) is 2. The SMILES string of the molecule is CC(C#N)c1cc(F)c([N+](=O)[O-])cc1C(F)(F)F. The molecular formula is C10H6F4N2O2. The molecule has 0 N–H and O–H groups in total. The van der Waals surface area contributed by atoms with Crippen LogP contribution in [-0.4, -0.2) is 4.92 Å². The van der Waals surface area contributed by atoms with Crippen LogP contribution >= 0.6 is 0 Å². The molecule has 1 aromatic carbocycles. The first-order chi connectivity index (χ1) is 8.18. The summed E-state index contributed by atoms with van der Waals surface area (Å²) in [5.74, 6) is -2.62. The average Bonchev–Trinajstić information content (AvgIpc) is 2.25. The van der Waals surface area contributed by atoms with E-state index >= 15 is 0 Å². The zero-order chi connectivity index (χ0) is 14.1. The second kappa shape index (κ2) is 4.60. The number of halogens is 4. The first kappa shape index (κ1) is 13.9. The maximum atomic E-state index is 13.2. The Morgan fingerprint density at radius 1 is 1.44 bits per heavy atom. The predicted octanol–water partition coefficient (Wildman–Crippen LogP) is 3.38. The van der Waals surface area contributed by atoms with Crippen LogP contribution < -0.4 is 0 Å². The number of nitro groups is 1. The summed E-state index contributed by atoms with van der Waals surface area (Å²) >= 11 is 0. The summed E-state index contributed by atoms with van der Waals surface area (Å²) in [6.07, 6.45) is -4.89. The molecule has 0 saturated carbocycles. The summed E-state index contributed by atoms with van der Waals surface area (Å²) in [6, 6.07) is 2.03. The summed E-state index contributed by atoms with van der Waals surface area (Å²) in [5, 5.41) is 19.0. The van der Waals surface area contributed by atoms with Crippen LogP contribution in [0.3, 0.4) is 0 Å². The van der Waals surface area contributed by atoms with E-state index in [1.165, 1.54) is 6.07 Å². The first-order valence-corrected chi connectivity index (χ1v) is 4.63. The minimum Gasteiger partial charge on any atom is -0.258 e. The molecule has 0 bridgehead atoms. The van der Waals surface area contributed by atoms with Gasteiger partial charge < -0.3 is 0 Å². The van der Waals surface area contributed by atoms with Gasteiger partial charge in [0.1, 0.15) is 0 Å². The van der Waals surface area contributed by atoms with Gasteiger partial charge in [-0.25, -0.2) is 0 Å². The van der Waals surface area contributed by atoms with E-state index in [4.69, 9.17) is 5.26 Å². The van der Waals surface area contributed by atoms with Crippen molar-refractivity contribution in [1.82, 2.24) is 0 Å². The zero-order valence-electron chi connectivity index (χ0n) is 8.95. The standard InChI is InChI=1S/C10H6F4N2O2/c1-5(4-15)6-2-8(11)9(16(17)18)3-7(6)10(12,13)14/h2-3,5H,1H3. The molecule has 1 aromatic rings. The van der Waals surface area contributed by atoms with Crippen molar-refractivity contribution in [3.8, 4) is 6.07 Å². The molecule has 0 amide bonds. The Kier molecular flexibility index (Phi) is 3.55. The van der Waals surface area contributed by atoms with Crippen molar-refractivity contribution in [2.24, 2.45) is 0 Å². The highest BCUT2D eigenvalue weighted by molar-refractivity contribution is 5.45. The van der Waals surface area contributed by atoms with Gasteiger partial charge in [0.15, 0.2) is 0 Å². The number of rotatable bonds is 2. The highest BCUT2D eigenvalue weighted by Gasteiger charge is 2.37. The van der Waals surface area contributed by atoms with Gasteiger partial charge in [-0.3, -0.25) is 10.1 Å². The van der Waals surface area contributed by atoms with E-state index in [0.717, 1.165) is 6.92 Å². The van der Waals surface area contributed by atoms with Crippen molar-refractivity contribution in [2.75, 3.05) is 0 Å². The van der Waals surface area contributed by atoms with Crippen LogP contribution in [0.15, 0.2) is 12.1 Å². The molecule has 1 unspecified atom stereocenters. The Morgan fingerprint density at radius 2 is 2.00 bits per heavy atom. The number of alkyl halides is 3. The van der Waals surface area contributed by atoms with Gasteiger partial charge in [-0.05, 0) is 18.6 Å². The Morgan fingerprint density at radius 3 is 2.39 bits per heavy atom. The molecule has 0 saturated heterocycles. The van der Waals surface area contributed by atoms with Crippen LogP contribution in [-0.2, 0) is 6.18 Å². The maximum absolute atomic E-state index is 13.2. The Bertz CT molecular complexity index is 534. The lowest BCUT2D eigenvalue weighted by atomic mass is 9.95. The van der Waals surface area contributed by atoms with Gasteiger partial charge >= 0.3 is 11.9 Å². The molecule has 1 atom stereocenters. The van der Waals surface area contributed by atoms with Crippen LogP contribution in [0.2, 0.25) is 0 Å². The van der Waals surface area contributed by atoms with Crippen molar-refractivity contribution in [2.45, 2.75) is 19.0 Å². The maximum Gasteiger partial charge on any atom is 0.416 e. The van der Waals surface area contributed by atoms with E-state index in [1.807, 2.05) is 0 Å². The largest absolute Gasteiger partial charge is 0.416 e. The predicted molar refractivity (Wildman–Crippen MR) is 52.1 cm³/mol. The van der Waals surface area contributed by atoms with E-state index in [9.17, 15) is 27.7 Å². The number of benzene rings is 1. The van der Waals surface area contributed by atoms with Crippen LogP contribution in [0.1, 0.15) is 24.0 Å². The summed E-state index contributed by atoms with van der Waals surface area (Å²) in [6.45, 7) is 1.15. The monoisotopic (exact) mass is 262 g/mol.